The number of nitrogens with two attached hydrogens (primary N) is 5. The number of aliphatic hydroxyl groups is 1. The third-order valence-electron chi connectivity index (χ3n) is 1.66. The quantitative estimate of drug-likeness (QED) is 0.0996. The topological polar surface area (TPSA) is 319 Å². The van der Waals surface area contributed by atoms with Crippen LogP contribution in [0.3, 0.4) is 0 Å². The molecule has 16 nitrogen and oxygen atoms in total. The molecule has 0 saturated carbocycles. The molecule has 0 unspecified atom stereocenters. The van der Waals surface area contributed by atoms with Gasteiger partial charge in [0.25, 0.3) is 0 Å². The van der Waals surface area contributed by atoms with Crippen molar-refractivity contribution in [2.75, 3.05) is 13.3 Å². The van der Waals surface area contributed by atoms with Crippen LogP contribution in [-0.2, 0) is 0 Å². The smallest absolute Gasteiger partial charge is 0.209 e. The third-order valence-corrected chi connectivity index (χ3v) is 1.66. The van der Waals surface area contributed by atoms with Crippen molar-refractivity contribution in [1.82, 2.24) is 10.6 Å². The van der Waals surface area contributed by atoms with Crippen LogP contribution in [-0.4, -0.2) is 42.1 Å². The highest BCUT2D eigenvalue weighted by atomic mass is 16.3. The summed E-state index contributed by atoms with van der Waals surface area (Å²) in [6.45, 7) is -0.0193. The zero-order valence-corrected chi connectivity index (χ0v) is 14.0. The van der Waals surface area contributed by atoms with Crippen LogP contribution in [0.4, 0.5) is 0 Å². The van der Waals surface area contributed by atoms with Crippen molar-refractivity contribution in [2.24, 2.45) is 48.6 Å². The van der Waals surface area contributed by atoms with Gasteiger partial charge in [0.05, 0.1) is 0 Å². The van der Waals surface area contributed by atoms with Crippen LogP contribution in [0.5, 0.6) is 0 Å². The van der Waals surface area contributed by atoms with E-state index in [0.29, 0.717) is 13.0 Å². The van der Waals surface area contributed by atoms with E-state index in [-0.39, 0.29) is 23.7 Å². The minimum absolute atomic E-state index is 0.0206. The molecular weight excluding hydrogens is 358 g/mol. The number of nitrogens with one attached hydrogen (secondary N) is 2. The van der Waals surface area contributed by atoms with Crippen LogP contribution in [0.25, 0.3) is 0 Å². The normalized spacial score (nSPS) is 9.89. The molecule has 27 heavy (non-hydrogen) atoms. The molecule has 0 rings (SSSR count). The highest BCUT2D eigenvalue weighted by Gasteiger charge is 1.93. The molecule has 13 N–H and O–H groups in total. The number of rotatable bonds is 4. The van der Waals surface area contributed by atoms with Gasteiger partial charge in [0.2, 0.25) is 36.5 Å². The van der Waals surface area contributed by atoms with Gasteiger partial charge in [-0.3, -0.25) is 5.32 Å². The third kappa shape index (κ3) is 29.8. The molecule has 0 aromatic rings. The summed E-state index contributed by atoms with van der Waals surface area (Å²) in [4.78, 5) is 12.6. The number of aliphatic hydroxyl groups excluding tert-OH is 1. The van der Waals surface area contributed by atoms with Crippen LogP contribution in [0.15, 0.2) is 20.0 Å². The number of guanidine groups is 3. The van der Waals surface area contributed by atoms with Crippen LogP contribution in [0.1, 0.15) is 6.42 Å². The zero-order valence-electron chi connectivity index (χ0n) is 14.0. The van der Waals surface area contributed by atoms with Crippen molar-refractivity contribution >= 4 is 23.7 Å². The number of nitriles is 4. The van der Waals surface area contributed by atoms with E-state index in [1.54, 1.807) is 6.19 Å². The molecule has 0 radical (unpaired) electrons. The van der Waals surface area contributed by atoms with E-state index in [4.69, 9.17) is 54.8 Å². The summed E-state index contributed by atoms with van der Waals surface area (Å²) in [5.41, 5.74) is 24.9. The SMILES string of the molecule is N#CN=C(N)CCNC(N)=NC#N.N#CN=C(N)N.N#CNC(N)=NCO. The molecule has 0 aliphatic rings. The Bertz CT molecular complexity index is 659. The Labute approximate surface area is 154 Å². The highest BCUT2D eigenvalue weighted by Crippen LogP contribution is 1.77. The van der Waals surface area contributed by atoms with E-state index in [1.807, 2.05) is 5.32 Å². The monoisotopic (exact) mass is 377 g/mol. The van der Waals surface area contributed by atoms with Gasteiger partial charge in [-0.25, -0.2) is 4.99 Å². The van der Waals surface area contributed by atoms with Crippen molar-refractivity contribution in [3.8, 4) is 24.8 Å². The van der Waals surface area contributed by atoms with Gasteiger partial charge < -0.3 is 39.1 Å². The number of nitrogens with zero attached hydrogens (tertiary/aromatic N) is 8. The minimum atomic E-state index is -0.402. The molecule has 0 aliphatic carbocycles. The maximum Gasteiger partial charge on any atom is 0.209 e. The van der Waals surface area contributed by atoms with Gasteiger partial charge in [-0.05, 0) is 0 Å². The molecule has 0 aromatic heterocycles. The average molecular weight is 377 g/mol. The summed E-state index contributed by atoms with van der Waals surface area (Å²) in [5.74, 6) is -0.0421. The van der Waals surface area contributed by atoms with E-state index in [2.05, 4.69) is 25.3 Å². The zero-order chi connectivity index (χ0) is 21.5. The summed E-state index contributed by atoms with van der Waals surface area (Å²) in [6, 6.07) is 0. The number of amidine groups is 1. The molecule has 0 bridgehead atoms. The Kier molecular flexibility index (Phi) is 21.3. The van der Waals surface area contributed by atoms with E-state index in [1.165, 1.54) is 18.6 Å². The summed E-state index contributed by atoms with van der Waals surface area (Å²) < 4.78 is 0. The van der Waals surface area contributed by atoms with Gasteiger partial charge in [0.1, 0.15) is 12.6 Å². The molecule has 0 atom stereocenters. The van der Waals surface area contributed by atoms with Crippen molar-refractivity contribution in [3.05, 3.63) is 0 Å². The lowest BCUT2D eigenvalue weighted by Gasteiger charge is -2.01. The Morgan fingerprint density at radius 2 is 1.41 bits per heavy atom. The van der Waals surface area contributed by atoms with Crippen LogP contribution < -0.4 is 39.3 Å². The Morgan fingerprint density at radius 3 is 1.78 bits per heavy atom. The molecule has 0 heterocycles. The fraction of sp³-hybridized carbons (Fsp3) is 0.273. The predicted molar refractivity (Wildman–Crippen MR) is 96.0 cm³/mol. The number of aliphatic imine (C=N–C) groups is 4. The Morgan fingerprint density at radius 1 is 0.852 bits per heavy atom. The van der Waals surface area contributed by atoms with Gasteiger partial charge in [0.15, 0.2) is 6.19 Å². The fourth-order valence-electron chi connectivity index (χ4n) is 0.763. The summed E-state index contributed by atoms with van der Waals surface area (Å²) in [5, 5.41) is 44.4. The van der Waals surface area contributed by atoms with Gasteiger partial charge >= 0.3 is 0 Å². The second kappa shape index (κ2) is 21.2. The molecule has 0 aromatic carbocycles. The lowest BCUT2D eigenvalue weighted by molar-refractivity contribution is 0.309. The number of hydrogen-bond acceptors (Lipinski definition) is 9. The Balaban J connectivity index is -0.000000351. The highest BCUT2D eigenvalue weighted by molar-refractivity contribution is 5.83. The van der Waals surface area contributed by atoms with Crippen LogP contribution >= 0.6 is 0 Å². The predicted octanol–water partition coefficient (Wildman–Crippen LogP) is -4.34. The first-order valence-electron chi connectivity index (χ1n) is 6.49. The van der Waals surface area contributed by atoms with E-state index in [0.717, 1.165) is 0 Å². The second-order valence-corrected chi connectivity index (χ2v) is 3.54. The minimum Gasteiger partial charge on any atom is -0.386 e. The molecule has 0 amide bonds. The fourth-order valence-corrected chi connectivity index (χ4v) is 0.763. The lowest BCUT2D eigenvalue weighted by Crippen LogP contribution is -2.33. The molecule has 0 fully saturated rings. The first-order chi connectivity index (χ1) is 12.8. The average Bonchev–Trinajstić information content (AvgIpc) is 2.57. The van der Waals surface area contributed by atoms with Gasteiger partial charge in [-0.1, -0.05) is 0 Å². The molecule has 0 saturated heterocycles. The van der Waals surface area contributed by atoms with Crippen molar-refractivity contribution in [3.63, 3.8) is 0 Å². The molecular formula is C11H19N15O. The van der Waals surface area contributed by atoms with Crippen molar-refractivity contribution in [1.29, 1.82) is 21.0 Å². The summed E-state index contributed by atoms with van der Waals surface area (Å²) in [6.07, 6.45) is 6.38. The van der Waals surface area contributed by atoms with Crippen molar-refractivity contribution < 1.29 is 5.11 Å². The summed E-state index contributed by atoms with van der Waals surface area (Å²) >= 11 is 0. The molecule has 16 heteroatoms. The standard InChI is InChI=1S/C6H9N7.C3H6N4O.C2H4N4/c7-3-12-5(9)1-2-11-6(10)13-4-8;4-1-6-3(5)7-2-8;3-1-6-2(4)5/h1-2H2,(H2,9,12)(H3,10,11,13);8H,2H2,(H3,5,6,7);(H4,4,5,6). The van der Waals surface area contributed by atoms with Gasteiger partial charge in [0, 0.05) is 13.0 Å². The maximum absolute atomic E-state index is 8.10. The van der Waals surface area contributed by atoms with Crippen molar-refractivity contribution in [2.45, 2.75) is 6.42 Å². The van der Waals surface area contributed by atoms with Crippen LogP contribution in [0.2, 0.25) is 0 Å². The lowest BCUT2D eigenvalue weighted by atomic mass is 10.4. The molecule has 0 spiro atoms. The van der Waals surface area contributed by atoms with Crippen LogP contribution in [0, 0.1) is 45.8 Å². The first kappa shape index (κ1) is 27.1. The number of hydrogen-bond donors (Lipinski definition) is 8. The van der Waals surface area contributed by atoms with Gasteiger partial charge in [-0.15, -0.1) is 9.98 Å². The van der Waals surface area contributed by atoms with E-state index < -0.39 is 6.73 Å². The summed E-state index contributed by atoms with van der Waals surface area (Å²) in [7, 11) is 0. The molecule has 0 aliphatic heterocycles. The second-order valence-electron chi connectivity index (χ2n) is 3.54. The first-order valence-corrected chi connectivity index (χ1v) is 6.49. The maximum atomic E-state index is 8.10. The van der Waals surface area contributed by atoms with Gasteiger partial charge in [-0.2, -0.15) is 26.0 Å². The van der Waals surface area contributed by atoms with E-state index >= 15 is 0 Å². The Hall–Kier alpha value is -4.80. The molecule has 144 valence electrons. The van der Waals surface area contributed by atoms with E-state index in [9.17, 15) is 0 Å². The largest absolute Gasteiger partial charge is 0.386 e.